The van der Waals surface area contributed by atoms with Crippen LogP contribution in [0.4, 0.5) is 0 Å². The van der Waals surface area contributed by atoms with Gasteiger partial charge in [0.05, 0.1) is 0 Å². The number of nitrogens with one attached hydrogen (secondary N) is 2. The van der Waals surface area contributed by atoms with Gasteiger partial charge in [0.15, 0.2) is 0 Å². The molecule has 1 saturated heterocycles. The van der Waals surface area contributed by atoms with E-state index in [1.807, 2.05) is 18.7 Å². The van der Waals surface area contributed by atoms with Crippen LogP contribution in [0, 0.1) is 0 Å². The third-order valence-electron chi connectivity index (χ3n) is 1.95. The van der Waals surface area contributed by atoms with Crippen LogP contribution in [0.3, 0.4) is 0 Å². The van der Waals surface area contributed by atoms with Gasteiger partial charge in [-0.25, -0.2) is 5.84 Å². The van der Waals surface area contributed by atoms with E-state index in [-0.39, 0.29) is 0 Å². The molecule has 0 aromatic carbocycles. The fraction of sp³-hybridized carbons (Fsp3) is 0.875. The van der Waals surface area contributed by atoms with Crippen molar-refractivity contribution in [3.05, 3.63) is 0 Å². The molecule has 0 aromatic rings. The van der Waals surface area contributed by atoms with Crippen LogP contribution in [0.15, 0.2) is 4.99 Å². The molecule has 0 aromatic heterocycles. The van der Waals surface area contributed by atoms with Gasteiger partial charge in [-0.3, -0.25) is 10.4 Å². The molecule has 1 aliphatic heterocycles. The van der Waals surface area contributed by atoms with Crippen molar-refractivity contribution in [2.24, 2.45) is 10.8 Å². The zero-order chi connectivity index (χ0) is 9.52. The highest BCUT2D eigenvalue weighted by Gasteiger charge is 2.14. The lowest BCUT2D eigenvalue weighted by atomic mass is 10.2. The smallest absolute Gasteiger partial charge is 0.205 e. The van der Waals surface area contributed by atoms with E-state index >= 15 is 0 Å². The zero-order valence-corrected chi connectivity index (χ0v) is 8.86. The number of hydrogen-bond donors (Lipinski definition) is 3. The van der Waals surface area contributed by atoms with E-state index in [1.165, 1.54) is 18.6 Å². The fourth-order valence-corrected chi connectivity index (χ4v) is 2.41. The van der Waals surface area contributed by atoms with Crippen molar-refractivity contribution in [2.75, 3.05) is 18.1 Å². The Morgan fingerprint density at radius 1 is 1.69 bits per heavy atom. The van der Waals surface area contributed by atoms with Gasteiger partial charge in [-0.1, -0.05) is 0 Å². The summed E-state index contributed by atoms with van der Waals surface area (Å²) in [4.78, 5) is 4.20. The number of aliphatic imine (C=N–C) groups is 1. The van der Waals surface area contributed by atoms with Crippen LogP contribution in [-0.2, 0) is 0 Å². The summed E-state index contributed by atoms with van der Waals surface area (Å²) >= 11 is 1.99. The monoisotopic (exact) mass is 202 g/mol. The lowest BCUT2D eigenvalue weighted by Crippen LogP contribution is -2.48. The van der Waals surface area contributed by atoms with Crippen molar-refractivity contribution in [1.29, 1.82) is 0 Å². The molecule has 0 saturated carbocycles. The Balaban J connectivity index is 2.31. The molecule has 0 aliphatic carbocycles. The largest absolute Gasteiger partial charge is 0.352 e. The van der Waals surface area contributed by atoms with Gasteiger partial charge in [-0.15, -0.1) is 0 Å². The summed E-state index contributed by atoms with van der Waals surface area (Å²) in [5.74, 6) is 8.49. The SMILES string of the molecule is CCN=C(NN)NC1CCCSC1. The third kappa shape index (κ3) is 3.87. The molecule has 76 valence electrons. The molecule has 4 nitrogen and oxygen atoms in total. The average Bonchev–Trinajstić information content (AvgIpc) is 2.19. The van der Waals surface area contributed by atoms with Gasteiger partial charge in [0.25, 0.3) is 0 Å². The van der Waals surface area contributed by atoms with Crippen LogP contribution in [0.25, 0.3) is 0 Å². The second-order valence-corrected chi connectivity index (χ2v) is 4.18. The quantitative estimate of drug-likeness (QED) is 0.261. The molecular formula is C8H18N4S. The van der Waals surface area contributed by atoms with Crippen molar-refractivity contribution in [1.82, 2.24) is 10.7 Å². The molecule has 1 atom stereocenters. The number of nitrogens with zero attached hydrogens (tertiary/aromatic N) is 1. The van der Waals surface area contributed by atoms with E-state index in [0.717, 1.165) is 18.3 Å². The molecule has 0 amide bonds. The molecule has 0 bridgehead atoms. The lowest BCUT2D eigenvalue weighted by Gasteiger charge is -2.23. The number of thioether (sulfide) groups is 1. The van der Waals surface area contributed by atoms with Gasteiger partial charge in [0.1, 0.15) is 0 Å². The maximum absolute atomic E-state index is 5.33. The molecule has 5 heteroatoms. The highest BCUT2D eigenvalue weighted by molar-refractivity contribution is 7.99. The van der Waals surface area contributed by atoms with Crippen molar-refractivity contribution in [3.8, 4) is 0 Å². The van der Waals surface area contributed by atoms with Gasteiger partial charge in [0, 0.05) is 18.3 Å². The lowest BCUT2D eigenvalue weighted by molar-refractivity contribution is 0.583. The van der Waals surface area contributed by atoms with Gasteiger partial charge < -0.3 is 5.32 Å². The number of nitrogens with two attached hydrogens (primary N) is 1. The van der Waals surface area contributed by atoms with E-state index in [4.69, 9.17) is 5.84 Å². The van der Waals surface area contributed by atoms with Gasteiger partial charge in [-0.2, -0.15) is 11.8 Å². The Hall–Kier alpha value is -0.420. The number of hydrogen-bond acceptors (Lipinski definition) is 3. The first-order valence-corrected chi connectivity index (χ1v) is 5.87. The summed E-state index contributed by atoms with van der Waals surface area (Å²) < 4.78 is 0. The molecule has 13 heavy (non-hydrogen) atoms. The van der Waals surface area contributed by atoms with Crippen LogP contribution in [0.1, 0.15) is 19.8 Å². The van der Waals surface area contributed by atoms with Crippen LogP contribution in [0.5, 0.6) is 0 Å². The Bertz CT molecular complexity index is 166. The summed E-state index contributed by atoms with van der Waals surface area (Å²) in [5, 5.41) is 3.30. The van der Waals surface area contributed by atoms with Crippen LogP contribution < -0.4 is 16.6 Å². The van der Waals surface area contributed by atoms with Gasteiger partial charge in [-0.05, 0) is 25.5 Å². The maximum atomic E-state index is 5.33. The summed E-state index contributed by atoms with van der Waals surface area (Å²) in [7, 11) is 0. The van der Waals surface area contributed by atoms with Crippen molar-refractivity contribution in [2.45, 2.75) is 25.8 Å². The number of guanidine groups is 1. The fourth-order valence-electron chi connectivity index (χ4n) is 1.34. The molecule has 4 N–H and O–H groups in total. The second kappa shape index (κ2) is 6.10. The van der Waals surface area contributed by atoms with E-state index < -0.39 is 0 Å². The normalized spacial score (nSPS) is 24.2. The standard InChI is InChI=1S/C8H18N4S/c1-2-10-8(12-9)11-7-4-3-5-13-6-7/h7H,2-6,9H2,1H3,(H2,10,11,12). The second-order valence-electron chi connectivity index (χ2n) is 3.03. The summed E-state index contributed by atoms with van der Waals surface area (Å²) in [6.07, 6.45) is 2.50. The van der Waals surface area contributed by atoms with Gasteiger partial charge in [0.2, 0.25) is 5.96 Å². The topological polar surface area (TPSA) is 62.4 Å². The number of hydrazine groups is 1. The van der Waals surface area contributed by atoms with E-state index in [2.05, 4.69) is 15.7 Å². The molecule has 1 rings (SSSR count). The van der Waals surface area contributed by atoms with Crippen LogP contribution >= 0.6 is 11.8 Å². The Morgan fingerprint density at radius 3 is 3.08 bits per heavy atom. The summed E-state index contributed by atoms with van der Waals surface area (Å²) in [5.41, 5.74) is 2.58. The molecule has 1 aliphatic rings. The molecule has 0 spiro atoms. The minimum atomic E-state index is 0.528. The minimum absolute atomic E-state index is 0.528. The Morgan fingerprint density at radius 2 is 2.54 bits per heavy atom. The maximum Gasteiger partial charge on any atom is 0.205 e. The molecular weight excluding hydrogens is 184 g/mol. The highest BCUT2D eigenvalue weighted by Crippen LogP contribution is 2.16. The predicted molar refractivity (Wildman–Crippen MR) is 58.8 cm³/mol. The van der Waals surface area contributed by atoms with Crippen LogP contribution in [0.2, 0.25) is 0 Å². The average molecular weight is 202 g/mol. The van der Waals surface area contributed by atoms with Crippen molar-refractivity contribution < 1.29 is 0 Å². The van der Waals surface area contributed by atoms with Gasteiger partial charge >= 0.3 is 0 Å². The summed E-state index contributed by atoms with van der Waals surface area (Å²) in [6, 6.07) is 0.528. The van der Waals surface area contributed by atoms with Crippen molar-refractivity contribution >= 4 is 17.7 Å². The predicted octanol–water partition coefficient (Wildman–Crippen LogP) is 0.311. The first-order valence-electron chi connectivity index (χ1n) is 4.72. The molecule has 1 unspecified atom stereocenters. The molecule has 1 fully saturated rings. The Labute approximate surface area is 83.7 Å². The Kier molecular flexibility index (Phi) is 5.00. The van der Waals surface area contributed by atoms with E-state index in [9.17, 15) is 0 Å². The summed E-state index contributed by atoms with van der Waals surface area (Å²) in [6.45, 7) is 2.75. The minimum Gasteiger partial charge on any atom is -0.352 e. The first kappa shape index (κ1) is 10.7. The molecule has 1 heterocycles. The van der Waals surface area contributed by atoms with E-state index in [1.54, 1.807) is 0 Å². The first-order chi connectivity index (χ1) is 6.36. The van der Waals surface area contributed by atoms with Crippen LogP contribution in [-0.4, -0.2) is 30.1 Å². The highest BCUT2D eigenvalue weighted by atomic mass is 32.2. The molecule has 0 radical (unpaired) electrons. The van der Waals surface area contributed by atoms with E-state index in [0.29, 0.717) is 6.04 Å². The third-order valence-corrected chi connectivity index (χ3v) is 3.17. The number of rotatable bonds is 2. The van der Waals surface area contributed by atoms with Crippen molar-refractivity contribution in [3.63, 3.8) is 0 Å². The zero-order valence-electron chi connectivity index (χ0n) is 8.05.